The standard InChI is InChI=1S/C22H30O3S.CH5N3/c1-2-3-4-5-6-7-8-9-10-19-11-13-20(14-12-19)21-15-17-22(18-16-21)26(23,24)25;2-1(3)4/h11-18H,2-10H2,1H3,(H,23,24,25);(H5,2,3,4). The van der Waals surface area contributed by atoms with E-state index in [2.05, 4.69) is 42.7 Å². The fourth-order valence-corrected chi connectivity index (χ4v) is 3.63. The highest BCUT2D eigenvalue weighted by Gasteiger charge is 2.08. The van der Waals surface area contributed by atoms with E-state index in [9.17, 15) is 8.42 Å². The molecule has 0 fully saturated rings. The molecule has 166 valence electrons. The quantitative estimate of drug-likeness (QED) is 0.169. The van der Waals surface area contributed by atoms with Crippen LogP contribution in [0.15, 0.2) is 53.4 Å². The van der Waals surface area contributed by atoms with Crippen LogP contribution >= 0.6 is 0 Å². The molecule has 0 bridgehead atoms. The Morgan fingerprint density at radius 3 is 1.63 bits per heavy atom. The maximum Gasteiger partial charge on any atom is 0.294 e. The summed E-state index contributed by atoms with van der Waals surface area (Å²) in [5, 5.41) is 6.06. The molecule has 0 saturated carbocycles. The highest BCUT2D eigenvalue weighted by atomic mass is 32.2. The number of nitrogens with two attached hydrogens (primary N) is 2. The predicted molar refractivity (Wildman–Crippen MR) is 124 cm³/mol. The van der Waals surface area contributed by atoms with Crippen molar-refractivity contribution in [1.82, 2.24) is 0 Å². The fourth-order valence-electron chi connectivity index (χ4n) is 3.15. The molecule has 0 radical (unpaired) electrons. The van der Waals surface area contributed by atoms with Crippen LogP contribution in [0.5, 0.6) is 0 Å². The Labute approximate surface area is 181 Å². The Balaban J connectivity index is 0.00000103. The number of unbranched alkanes of at least 4 members (excludes halogenated alkanes) is 7. The molecule has 0 saturated heterocycles. The number of hydrogen-bond donors (Lipinski definition) is 4. The SMILES string of the molecule is CCCCCCCCCCc1ccc(-c2ccc(S(=O)(=O)O)cc2)cc1.N=C(N)N. The van der Waals surface area contributed by atoms with Gasteiger partial charge in [0, 0.05) is 0 Å². The van der Waals surface area contributed by atoms with Crippen LogP contribution in [-0.4, -0.2) is 18.9 Å². The van der Waals surface area contributed by atoms with Gasteiger partial charge in [-0.3, -0.25) is 9.96 Å². The third kappa shape index (κ3) is 11.0. The zero-order valence-corrected chi connectivity index (χ0v) is 18.6. The monoisotopic (exact) mass is 433 g/mol. The topological polar surface area (TPSA) is 130 Å². The summed E-state index contributed by atoms with van der Waals surface area (Å²) in [7, 11) is -4.13. The maximum absolute atomic E-state index is 11.1. The minimum Gasteiger partial charge on any atom is -0.370 e. The fraction of sp³-hybridized carbons (Fsp3) is 0.435. The Bertz CT molecular complexity index is 844. The molecule has 0 aromatic heterocycles. The van der Waals surface area contributed by atoms with E-state index in [0.717, 1.165) is 17.5 Å². The van der Waals surface area contributed by atoms with Crippen LogP contribution in [-0.2, 0) is 16.5 Å². The molecule has 6 nitrogen and oxygen atoms in total. The average molecular weight is 434 g/mol. The van der Waals surface area contributed by atoms with Gasteiger partial charge in [0.1, 0.15) is 0 Å². The minimum atomic E-state index is -4.13. The summed E-state index contributed by atoms with van der Waals surface area (Å²) in [5.41, 5.74) is 12.3. The molecule has 7 heteroatoms. The molecule has 0 unspecified atom stereocenters. The van der Waals surface area contributed by atoms with Crippen molar-refractivity contribution in [3.8, 4) is 11.1 Å². The van der Waals surface area contributed by atoms with Gasteiger partial charge in [0.2, 0.25) is 0 Å². The minimum absolute atomic E-state index is 0.0763. The van der Waals surface area contributed by atoms with Gasteiger partial charge in [-0.15, -0.1) is 0 Å². The number of aryl methyl sites for hydroxylation is 1. The largest absolute Gasteiger partial charge is 0.370 e. The molecular weight excluding hydrogens is 398 g/mol. The Morgan fingerprint density at radius 2 is 1.20 bits per heavy atom. The zero-order chi connectivity index (χ0) is 22.4. The number of rotatable bonds is 11. The lowest BCUT2D eigenvalue weighted by atomic mass is 10.0. The van der Waals surface area contributed by atoms with Crippen molar-refractivity contribution in [3.05, 3.63) is 54.1 Å². The Hall–Kier alpha value is -2.38. The van der Waals surface area contributed by atoms with E-state index in [-0.39, 0.29) is 10.9 Å². The molecule has 2 aromatic rings. The summed E-state index contributed by atoms with van der Waals surface area (Å²) in [6, 6.07) is 14.7. The molecule has 2 rings (SSSR count). The molecule has 2 aromatic carbocycles. The first kappa shape index (κ1) is 25.7. The first-order valence-corrected chi connectivity index (χ1v) is 11.9. The Morgan fingerprint density at radius 1 is 0.800 bits per heavy atom. The summed E-state index contributed by atoms with van der Waals surface area (Å²) in [5.74, 6) is -0.333. The van der Waals surface area contributed by atoms with Gasteiger partial charge in [0.05, 0.1) is 4.90 Å². The van der Waals surface area contributed by atoms with Crippen molar-refractivity contribution >= 4 is 16.1 Å². The van der Waals surface area contributed by atoms with Gasteiger partial charge in [-0.2, -0.15) is 8.42 Å². The normalized spacial score (nSPS) is 10.9. The van der Waals surface area contributed by atoms with E-state index in [0.29, 0.717) is 0 Å². The molecule has 0 heterocycles. The lowest BCUT2D eigenvalue weighted by Gasteiger charge is -2.06. The molecule has 0 spiro atoms. The van der Waals surface area contributed by atoms with Crippen LogP contribution in [0.1, 0.15) is 63.9 Å². The molecule has 0 amide bonds. The molecule has 0 aliphatic rings. The van der Waals surface area contributed by atoms with Crippen LogP contribution in [0.25, 0.3) is 11.1 Å². The van der Waals surface area contributed by atoms with Crippen LogP contribution in [0.2, 0.25) is 0 Å². The second kappa shape index (κ2) is 13.8. The number of guanidine groups is 1. The van der Waals surface area contributed by atoms with Crippen molar-refractivity contribution in [1.29, 1.82) is 5.41 Å². The van der Waals surface area contributed by atoms with E-state index in [1.54, 1.807) is 12.1 Å². The van der Waals surface area contributed by atoms with E-state index < -0.39 is 10.1 Å². The second-order valence-corrected chi connectivity index (χ2v) is 8.80. The summed E-state index contributed by atoms with van der Waals surface area (Å²) >= 11 is 0. The van der Waals surface area contributed by atoms with Crippen LogP contribution < -0.4 is 11.5 Å². The van der Waals surface area contributed by atoms with E-state index in [1.807, 2.05) is 0 Å². The van der Waals surface area contributed by atoms with Crippen LogP contribution in [0.4, 0.5) is 0 Å². The Kier molecular flexibility index (Phi) is 11.8. The van der Waals surface area contributed by atoms with E-state index >= 15 is 0 Å². The number of nitrogens with one attached hydrogen (secondary N) is 1. The van der Waals surface area contributed by atoms with Crippen molar-refractivity contribution in [3.63, 3.8) is 0 Å². The van der Waals surface area contributed by atoms with Crippen molar-refractivity contribution in [2.24, 2.45) is 11.5 Å². The van der Waals surface area contributed by atoms with Gasteiger partial charge < -0.3 is 11.5 Å². The molecular formula is C23H35N3O3S. The molecule has 0 atom stereocenters. The van der Waals surface area contributed by atoms with Gasteiger partial charge in [-0.1, -0.05) is 88.3 Å². The predicted octanol–water partition coefficient (Wildman–Crippen LogP) is 5.12. The number of hydrogen-bond acceptors (Lipinski definition) is 3. The molecule has 30 heavy (non-hydrogen) atoms. The molecule has 6 N–H and O–H groups in total. The highest BCUT2D eigenvalue weighted by Crippen LogP contribution is 2.22. The third-order valence-electron chi connectivity index (χ3n) is 4.76. The van der Waals surface area contributed by atoms with Crippen LogP contribution in [0, 0.1) is 5.41 Å². The summed E-state index contributed by atoms with van der Waals surface area (Å²) in [6.07, 6.45) is 11.8. The van der Waals surface area contributed by atoms with Crippen molar-refractivity contribution in [2.45, 2.75) is 69.6 Å². The summed E-state index contributed by atoms with van der Waals surface area (Å²) < 4.78 is 31.2. The maximum atomic E-state index is 11.1. The highest BCUT2D eigenvalue weighted by molar-refractivity contribution is 7.85. The van der Waals surface area contributed by atoms with Gasteiger partial charge >= 0.3 is 0 Å². The van der Waals surface area contributed by atoms with Crippen LogP contribution in [0.3, 0.4) is 0 Å². The van der Waals surface area contributed by atoms with Gasteiger partial charge in [0.25, 0.3) is 10.1 Å². The first-order chi connectivity index (χ1) is 14.2. The smallest absolute Gasteiger partial charge is 0.294 e. The van der Waals surface area contributed by atoms with Gasteiger partial charge in [-0.25, -0.2) is 0 Å². The van der Waals surface area contributed by atoms with E-state index in [1.165, 1.54) is 69.1 Å². The van der Waals surface area contributed by atoms with E-state index in [4.69, 9.17) is 9.96 Å². The zero-order valence-electron chi connectivity index (χ0n) is 17.8. The van der Waals surface area contributed by atoms with Crippen molar-refractivity contribution < 1.29 is 13.0 Å². The summed E-state index contributed by atoms with van der Waals surface area (Å²) in [6.45, 7) is 2.25. The third-order valence-corrected chi connectivity index (χ3v) is 5.63. The average Bonchev–Trinajstić information content (AvgIpc) is 2.69. The van der Waals surface area contributed by atoms with Crippen molar-refractivity contribution in [2.75, 3.05) is 0 Å². The second-order valence-electron chi connectivity index (χ2n) is 7.38. The van der Waals surface area contributed by atoms with Gasteiger partial charge in [0.15, 0.2) is 5.96 Å². The lowest BCUT2D eigenvalue weighted by molar-refractivity contribution is 0.483. The molecule has 0 aliphatic heterocycles. The lowest BCUT2D eigenvalue weighted by Crippen LogP contribution is -2.20. The molecule has 0 aliphatic carbocycles. The number of benzene rings is 2. The van der Waals surface area contributed by atoms with Gasteiger partial charge in [-0.05, 0) is 41.7 Å². The first-order valence-electron chi connectivity index (χ1n) is 10.5. The summed E-state index contributed by atoms with van der Waals surface area (Å²) in [4.78, 5) is -0.0763.